The molecule has 142 valence electrons. The highest BCUT2D eigenvalue weighted by molar-refractivity contribution is 7.89. The summed E-state index contributed by atoms with van der Waals surface area (Å²) in [6.45, 7) is 6.87. The Bertz CT molecular complexity index is 841. The van der Waals surface area contributed by atoms with Gasteiger partial charge in [-0.05, 0) is 52.0 Å². The molecule has 1 amide bonds. The van der Waals surface area contributed by atoms with Crippen LogP contribution in [0.1, 0.15) is 25.3 Å². The van der Waals surface area contributed by atoms with Crippen molar-refractivity contribution in [1.82, 2.24) is 15.4 Å². The largest absolute Gasteiger partial charge is 0.494 e. The normalized spacial score (nSPS) is 12.5. The number of carbonyl (C=O) groups is 1. The van der Waals surface area contributed by atoms with Crippen molar-refractivity contribution in [1.29, 1.82) is 0 Å². The number of ether oxygens (including phenoxy) is 2. The molecule has 0 saturated carbocycles. The van der Waals surface area contributed by atoms with Crippen molar-refractivity contribution in [2.45, 2.75) is 38.7 Å². The van der Waals surface area contributed by atoms with Crippen LogP contribution in [0.4, 0.5) is 0 Å². The van der Waals surface area contributed by atoms with Gasteiger partial charge in [-0.2, -0.15) is 0 Å². The Hall–Kier alpha value is -2.59. The maximum atomic E-state index is 12.2. The Morgan fingerprint density at radius 3 is 2.38 bits per heavy atom. The van der Waals surface area contributed by atoms with Gasteiger partial charge >= 0.3 is 0 Å². The van der Waals surface area contributed by atoms with Crippen LogP contribution in [-0.4, -0.2) is 32.2 Å². The van der Waals surface area contributed by atoms with Gasteiger partial charge in [-0.25, -0.2) is 8.42 Å². The van der Waals surface area contributed by atoms with Gasteiger partial charge < -0.3 is 14.0 Å². The molecule has 0 fully saturated rings. The number of nitrogens with one attached hydrogen (secondary N) is 2. The first-order valence-corrected chi connectivity index (χ1v) is 9.37. The van der Waals surface area contributed by atoms with Gasteiger partial charge in [-0.1, -0.05) is 5.16 Å². The van der Waals surface area contributed by atoms with Gasteiger partial charge in [-0.3, -0.25) is 10.2 Å². The molecule has 1 heterocycles. The third kappa shape index (κ3) is 4.73. The molecule has 1 atom stereocenters. The van der Waals surface area contributed by atoms with Gasteiger partial charge in [0, 0.05) is 0 Å². The zero-order valence-electron chi connectivity index (χ0n) is 14.9. The van der Waals surface area contributed by atoms with E-state index in [2.05, 4.69) is 10.6 Å². The number of aryl methyl sites for hydroxylation is 2. The van der Waals surface area contributed by atoms with Crippen molar-refractivity contribution in [2.24, 2.45) is 0 Å². The van der Waals surface area contributed by atoms with Crippen molar-refractivity contribution in [3.05, 3.63) is 35.7 Å². The van der Waals surface area contributed by atoms with Crippen molar-refractivity contribution in [3.63, 3.8) is 0 Å². The summed E-state index contributed by atoms with van der Waals surface area (Å²) < 4.78 is 40.1. The van der Waals surface area contributed by atoms with Crippen LogP contribution in [0.25, 0.3) is 0 Å². The van der Waals surface area contributed by atoms with Gasteiger partial charge in [0.2, 0.25) is 0 Å². The van der Waals surface area contributed by atoms with E-state index < -0.39 is 22.0 Å². The molecule has 1 aromatic heterocycles. The molecule has 2 N–H and O–H groups in total. The Morgan fingerprint density at radius 1 is 1.23 bits per heavy atom. The summed E-state index contributed by atoms with van der Waals surface area (Å²) in [5, 5.41) is 3.58. The highest BCUT2D eigenvalue weighted by Gasteiger charge is 2.25. The van der Waals surface area contributed by atoms with Crippen LogP contribution in [0.5, 0.6) is 11.5 Å². The summed E-state index contributed by atoms with van der Waals surface area (Å²) in [6.07, 6.45) is -0.930. The molecule has 1 aromatic carbocycles. The minimum absolute atomic E-state index is 0.113. The summed E-state index contributed by atoms with van der Waals surface area (Å²) >= 11 is 0. The first-order valence-electron chi connectivity index (χ1n) is 7.88. The summed E-state index contributed by atoms with van der Waals surface area (Å²) in [7, 11) is -4.00. The van der Waals surface area contributed by atoms with E-state index in [0.29, 0.717) is 18.1 Å². The smallest absolute Gasteiger partial charge is 0.275 e. The van der Waals surface area contributed by atoms with E-state index in [4.69, 9.17) is 14.0 Å². The standard InChI is InChI=1S/C16H21N3O6S/c1-5-23-13-6-8-14(9-7-13)24-12(4)16(20)17-19-26(21,22)15-10(2)18-25-11(15)3/h6-9,12,19H,5H2,1-4H3,(H,17,20)/t12-/m1/s1. The van der Waals surface area contributed by atoms with Crippen LogP contribution in [0.2, 0.25) is 0 Å². The van der Waals surface area contributed by atoms with Gasteiger partial charge in [0.05, 0.1) is 6.61 Å². The second kappa shape index (κ2) is 8.19. The lowest BCUT2D eigenvalue weighted by atomic mass is 10.3. The lowest BCUT2D eigenvalue weighted by Gasteiger charge is -2.15. The Morgan fingerprint density at radius 2 is 1.85 bits per heavy atom. The highest BCUT2D eigenvalue weighted by Crippen LogP contribution is 2.19. The van der Waals surface area contributed by atoms with E-state index in [1.54, 1.807) is 24.3 Å². The quantitative estimate of drug-likeness (QED) is 0.662. The molecule has 9 nitrogen and oxygen atoms in total. The van der Waals surface area contributed by atoms with E-state index in [1.807, 2.05) is 11.8 Å². The van der Waals surface area contributed by atoms with Crippen molar-refractivity contribution in [3.8, 4) is 11.5 Å². The minimum Gasteiger partial charge on any atom is -0.494 e. The van der Waals surface area contributed by atoms with Gasteiger partial charge in [-0.15, -0.1) is 4.83 Å². The number of hydrazine groups is 1. The monoisotopic (exact) mass is 383 g/mol. The SMILES string of the molecule is CCOc1ccc(O[C@H](C)C(=O)NNS(=O)(=O)c2c(C)noc2C)cc1. The number of benzene rings is 1. The average molecular weight is 383 g/mol. The molecule has 0 radical (unpaired) electrons. The zero-order valence-corrected chi connectivity index (χ0v) is 15.7. The maximum Gasteiger partial charge on any atom is 0.275 e. The molecule has 2 aromatic rings. The Kier molecular flexibility index (Phi) is 6.22. The molecule has 0 aliphatic heterocycles. The fourth-order valence-corrected chi connectivity index (χ4v) is 3.35. The topological polar surface area (TPSA) is 120 Å². The van der Waals surface area contributed by atoms with Crippen molar-refractivity contribution in [2.75, 3.05) is 6.61 Å². The summed E-state index contributed by atoms with van der Waals surface area (Å²) in [5.41, 5.74) is 2.32. The summed E-state index contributed by atoms with van der Waals surface area (Å²) in [6, 6.07) is 6.73. The molecule has 0 aliphatic rings. The fourth-order valence-electron chi connectivity index (χ4n) is 2.17. The van der Waals surface area contributed by atoms with Crippen molar-refractivity contribution >= 4 is 15.9 Å². The summed E-state index contributed by atoms with van der Waals surface area (Å²) in [5.74, 6) is 0.603. The van der Waals surface area contributed by atoms with Crippen LogP contribution in [0.15, 0.2) is 33.7 Å². The van der Waals surface area contributed by atoms with Crippen LogP contribution in [0.3, 0.4) is 0 Å². The molecular formula is C16H21N3O6S. The predicted octanol–water partition coefficient (Wildman–Crippen LogP) is 1.47. The lowest BCUT2D eigenvalue weighted by Crippen LogP contribution is -2.47. The van der Waals surface area contributed by atoms with Crippen LogP contribution in [0, 0.1) is 13.8 Å². The van der Waals surface area contributed by atoms with Crippen LogP contribution in [-0.2, 0) is 14.8 Å². The van der Waals surface area contributed by atoms with Gasteiger partial charge in [0.15, 0.2) is 11.9 Å². The molecular weight excluding hydrogens is 362 g/mol. The predicted molar refractivity (Wildman–Crippen MR) is 92.1 cm³/mol. The van der Waals surface area contributed by atoms with Crippen LogP contribution >= 0.6 is 0 Å². The fraction of sp³-hybridized carbons (Fsp3) is 0.375. The second-order valence-electron chi connectivity index (χ2n) is 5.41. The van der Waals surface area contributed by atoms with E-state index in [1.165, 1.54) is 20.8 Å². The number of amides is 1. The van der Waals surface area contributed by atoms with E-state index in [9.17, 15) is 13.2 Å². The number of carbonyl (C=O) groups excluding carboxylic acids is 1. The van der Waals surface area contributed by atoms with Crippen LogP contribution < -0.4 is 19.7 Å². The van der Waals surface area contributed by atoms with E-state index in [0.717, 1.165) is 0 Å². The Labute approximate surface area is 151 Å². The molecule has 0 spiro atoms. The lowest BCUT2D eigenvalue weighted by molar-refractivity contribution is -0.127. The Balaban J connectivity index is 1.94. The first kappa shape index (κ1) is 19.7. The minimum atomic E-state index is -4.00. The molecule has 0 bridgehead atoms. The third-order valence-electron chi connectivity index (χ3n) is 3.36. The van der Waals surface area contributed by atoms with Gasteiger partial charge in [0.25, 0.3) is 15.9 Å². The number of sulfonamides is 1. The number of nitrogens with zero attached hydrogens (tertiary/aromatic N) is 1. The van der Waals surface area contributed by atoms with E-state index >= 15 is 0 Å². The molecule has 26 heavy (non-hydrogen) atoms. The molecule has 0 aliphatic carbocycles. The van der Waals surface area contributed by atoms with E-state index in [-0.39, 0.29) is 16.3 Å². The van der Waals surface area contributed by atoms with Crippen molar-refractivity contribution < 1.29 is 27.2 Å². The van der Waals surface area contributed by atoms with Gasteiger partial charge in [0.1, 0.15) is 22.1 Å². The first-order chi connectivity index (χ1) is 12.2. The highest BCUT2D eigenvalue weighted by atomic mass is 32.2. The molecule has 10 heteroatoms. The molecule has 0 saturated heterocycles. The maximum absolute atomic E-state index is 12.2. The zero-order chi connectivity index (χ0) is 19.3. The third-order valence-corrected chi connectivity index (χ3v) is 4.85. The molecule has 0 unspecified atom stereocenters. The number of hydrogen-bond acceptors (Lipinski definition) is 7. The average Bonchev–Trinajstić information content (AvgIpc) is 2.94. The summed E-state index contributed by atoms with van der Waals surface area (Å²) in [4.78, 5) is 14.0. The molecule has 2 rings (SSSR count). The number of rotatable bonds is 8. The number of aromatic nitrogens is 1. The second-order valence-corrected chi connectivity index (χ2v) is 7.03. The number of hydrogen-bond donors (Lipinski definition) is 2.